The molecule has 0 spiro atoms. The van der Waals surface area contributed by atoms with Crippen molar-refractivity contribution in [2.75, 3.05) is 25.5 Å². The maximum Gasteiger partial charge on any atom is 0.185 e. The van der Waals surface area contributed by atoms with Crippen LogP contribution in [0.4, 0.5) is 5.13 Å². The molecule has 0 saturated carbocycles. The largest absolute Gasteiger partial charge is 0.351 e. The van der Waals surface area contributed by atoms with Crippen molar-refractivity contribution in [3.8, 4) is 0 Å². The van der Waals surface area contributed by atoms with Gasteiger partial charge in [0.1, 0.15) is 0 Å². The first-order valence-corrected chi connectivity index (χ1v) is 7.77. The molecule has 3 nitrogen and oxygen atoms in total. The summed E-state index contributed by atoms with van der Waals surface area (Å²) in [5, 5.41) is 4.40. The fourth-order valence-corrected chi connectivity index (χ4v) is 3.16. The Morgan fingerprint density at radius 2 is 2.06 bits per heavy atom. The zero-order valence-corrected chi connectivity index (χ0v) is 13.2. The minimum atomic E-state index is 0.502. The summed E-state index contributed by atoms with van der Waals surface area (Å²) < 4.78 is 0. The van der Waals surface area contributed by atoms with Crippen LogP contribution in [0.5, 0.6) is 0 Å². The zero-order chi connectivity index (χ0) is 13.5. The summed E-state index contributed by atoms with van der Waals surface area (Å²) in [6.45, 7) is 8.71. The first kappa shape index (κ1) is 15.4. The fourth-order valence-electron chi connectivity index (χ4n) is 1.95. The lowest BCUT2D eigenvalue weighted by Gasteiger charge is -2.15. The number of nitrogens with zero attached hydrogens (tertiary/aromatic N) is 2. The van der Waals surface area contributed by atoms with Crippen LogP contribution in [0.1, 0.15) is 56.5 Å². The van der Waals surface area contributed by atoms with E-state index in [1.807, 2.05) is 18.4 Å². The molecule has 4 heteroatoms. The molecular formula is C14H27N3S. The standard InChI is InChI=1S/C14H27N3S/c1-6-7-8-9-17(5)14-16-13(11(2)3)12(18-14)10-15-4/h11,15H,6-10H2,1-5H3. The molecule has 0 bridgehead atoms. The third kappa shape index (κ3) is 4.25. The Morgan fingerprint density at radius 3 is 2.61 bits per heavy atom. The monoisotopic (exact) mass is 269 g/mol. The van der Waals surface area contributed by atoms with Gasteiger partial charge in [-0.05, 0) is 19.4 Å². The minimum absolute atomic E-state index is 0.502. The van der Waals surface area contributed by atoms with E-state index in [2.05, 4.69) is 38.0 Å². The van der Waals surface area contributed by atoms with E-state index in [4.69, 9.17) is 4.98 Å². The Balaban J connectivity index is 2.73. The predicted molar refractivity (Wildman–Crippen MR) is 81.8 cm³/mol. The van der Waals surface area contributed by atoms with Gasteiger partial charge in [-0.3, -0.25) is 0 Å². The summed E-state index contributed by atoms with van der Waals surface area (Å²) in [5.74, 6) is 0.502. The fraction of sp³-hybridized carbons (Fsp3) is 0.786. The quantitative estimate of drug-likeness (QED) is 0.731. The van der Waals surface area contributed by atoms with Crippen LogP contribution in [-0.4, -0.2) is 25.6 Å². The molecular weight excluding hydrogens is 242 g/mol. The summed E-state index contributed by atoms with van der Waals surface area (Å²) in [6, 6.07) is 0. The molecule has 1 aromatic rings. The van der Waals surface area contributed by atoms with Crippen LogP contribution in [-0.2, 0) is 6.54 Å². The smallest absolute Gasteiger partial charge is 0.185 e. The van der Waals surface area contributed by atoms with Gasteiger partial charge < -0.3 is 10.2 Å². The second kappa shape index (κ2) is 7.74. The number of aromatic nitrogens is 1. The average molecular weight is 269 g/mol. The Hall–Kier alpha value is -0.610. The van der Waals surface area contributed by atoms with E-state index in [1.54, 1.807) is 0 Å². The highest BCUT2D eigenvalue weighted by atomic mass is 32.1. The number of hydrogen-bond donors (Lipinski definition) is 1. The van der Waals surface area contributed by atoms with E-state index in [-0.39, 0.29) is 0 Å². The highest BCUT2D eigenvalue weighted by Gasteiger charge is 2.15. The number of rotatable bonds is 8. The van der Waals surface area contributed by atoms with Crippen molar-refractivity contribution < 1.29 is 0 Å². The van der Waals surface area contributed by atoms with Crippen LogP contribution in [0, 0.1) is 0 Å². The first-order chi connectivity index (χ1) is 8.60. The summed E-state index contributed by atoms with van der Waals surface area (Å²) in [7, 11) is 4.15. The second-order valence-electron chi connectivity index (χ2n) is 5.12. The number of nitrogens with one attached hydrogen (secondary N) is 1. The normalized spacial score (nSPS) is 11.2. The Bertz CT molecular complexity index is 347. The van der Waals surface area contributed by atoms with Crippen molar-refractivity contribution in [3.05, 3.63) is 10.6 Å². The maximum atomic E-state index is 4.81. The Kier molecular flexibility index (Phi) is 6.65. The summed E-state index contributed by atoms with van der Waals surface area (Å²) >= 11 is 1.83. The molecule has 18 heavy (non-hydrogen) atoms. The lowest BCUT2D eigenvalue weighted by atomic mass is 10.1. The van der Waals surface area contributed by atoms with Gasteiger partial charge in [-0.1, -0.05) is 33.6 Å². The van der Waals surface area contributed by atoms with E-state index >= 15 is 0 Å². The van der Waals surface area contributed by atoms with Gasteiger partial charge in [-0.15, -0.1) is 11.3 Å². The number of thiazole rings is 1. The van der Waals surface area contributed by atoms with Crippen LogP contribution < -0.4 is 10.2 Å². The molecule has 0 unspecified atom stereocenters. The minimum Gasteiger partial charge on any atom is -0.351 e. The Morgan fingerprint density at radius 1 is 1.33 bits per heavy atom. The average Bonchev–Trinajstić information content (AvgIpc) is 2.74. The van der Waals surface area contributed by atoms with E-state index in [0.717, 1.165) is 13.1 Å². The van der Waals surface area contributed by atoms with E-state index < -0.39 is 0 Å². The molecule has 0 fully saturated rings. The molecule has 0 atom stereocenters. The highest BCUT2D eigenvalue weighted by Crippen LogP contribution is 2.30. The lowest BCUT2D eigenvalue weighted by molar-refractivity contribution is 0.702. The van der Waals surface area contributed by atoms with Gasteiger partial charge in [0.05, 0.1) is 5.69 Å². The van der Waals surface area contributed by atoms with Crippen molar-refractivity contribution in [1.29, 1.82) is 0 Å². The zero-order valence-electron chi connectivity index (χ0n) is 12.4. The van der Waals surface area contributed by atoms with Gasteiger partial charge in [-0.2, -0.15) is 0 Å². The maximum absolute atomic E-state index is 4.81. The van der Waals surface area contributed by atoms with Crippen molar-refractivity contribution in [1.82, 2.24) is 10.3 Å². The summed E-state index contributed by atoms with van der Waals surface area (Å²) in [5.41, 5.74) is 1.26. The van der Waals surface area contributed by atoms with Gasteiger partial charge in [0, 0.05) is 25.0 Å². The molecule has 1 heterocycles. The first-order valence-electron chi connectivity index (χ1n) is 6.95. The SMILES string of the molecule is CCCCCN(C)c1nc(C(C)C)c(CNC)s1. The molecule has 0 aliphatic heterocycles. The molecule has 1 N–H and O–H groups in total. The van der Waals surface area contributed by atoms with Crippen molar-refractivity contribution in [3.63, 3.8) is 0 Å². The second-order valence-corrected chi connectivity index (χ2v) is 6.18. The van der Waals surface area contributed by atoms with E-state index in [0.29, 0.717) is 5.92 Å². The van der Waals surface area contributed by atoms with Crippen molar-refractivity contribution >= 4 is 16.5 Å². The molecule has 0 amide bonds. The summed E-state index contributed by atoms with van der Waals surface area (Å²) in [6.07, 6.45) is 3.83. The van der Waals surface area contributed by atoms with Crippen molar-refractivity contribution in [2.45, 2.75) is 52.5 Å². The molecule has 0 aromatic carbocycles. The van der Waals surface area contributed by atoms with Crippen LogP contribution >= 0.6 is 11.3 Å². The molecule has 1 aromatic heterocycles. The molecule has 0 radical (unpaired) electrons. The molecule has 0 aliphatic rings. The lowest BCUT2D eigenvalue weighted by Crippen LogP contribution is -2.18. The molecule has 1 rings (SSSR count). The predicted octanol–water partition coefficient (Wildman–Crippen LogP) is 3.61. The van der Waals surface area contributed by atoms with Gasteiger partial charge in [-0.25, -0.2) is 4.98 Å². The van der Waals surface area contributed by atoms with E-state index in [9.17, 15) is 0 Å². The summed E-state index contributed by atoms with van der Waals surface area (Å²) in [4.78, 5) is 8.49. The topological polar surface area (TPSA) is 28.2 Å². The van der Waals surface area contributed by atoms with Gasteiger partial charge >= 0.3 is 0 Å². The van der Waals surface area contributed by atoms with Crippen LogP contribution in [0.25, 0.3) is 0 Å². The van der Waals surface area contributed by atoms with Gasteiger partial charge in [0.2, 0.25) is 0 Å². The van der Waals surface area contributed by atoms with Crippen LogP contribution in [0.2, 0.25) is 0 Å². The van der Waals surface area contributed by atoms with E-state index in [1.165, 1.54) is 35.0 Å². The number of hydrogen-bond acceptors (Lipinski definition) is 4. The number of unbranched alkanes of at least 4 members (excludes halogenated alkanes) is 2. The van der Waals surface area contributed by atoms with Gasteiger partial charge in [0.25, 0.3) is 0 Å². The van der Waals surface area contributed by atoms with Crippen molar-refractivity contribution in [2.24, 2.45) is 0 Å². The molecule has 0 aliphatic carbocycles. The molecule has 0 saturated heterocycles. The highest BCUT2D eigenvalue weighted by molar-refractivity contribution is 7.15. The molecule has 104 valence electrons. The third-order valence-electron chi connectivity index (χ3n) is 3.02. The van der Waals surface area contributed by atoms with Gasteiger partial charge in [0.15, 0.2) is 5.13 Å². The number of anilines is 1. The Labute approximate surface area is 116 Å². The third-order valence-corrected chi connectivity index (χ3v) is 4.21. The van der Waals surface area contributed by atoms with Crippen LogP contribution in [0.15, 0.2) is 0 Å². The van der Waals surface area contributed by atoms with Crippen LogP contribution in [0.3, 0.4) is 0 Å².